The lowest BCUT2D eigenvalue weighted by atomic mass is 9.75. The molecule has 218 valence electrons. The normalized spacial score (nSPS) is 21.7. The Labute approximate surface area is 250 Å². The Balaban J connectivity index is 1.35. The summed E-state index contributed by atoms with van der Waals surface area (Å²) in [5, 5.41) is 2.23. The molecule has 2 unspecified atom stereocenters. The first-order valence-corrected chi connectivity index (χ1v) is 17.4. The molecule has 2 aliphatic rings. The molecular weight excluding hydrogens is 533 g/mol. The van der Waals surface area contributed by atoms with E-state index in [2.05, 4.69) is 90.5 Å². The van der Waals surface area contributed by atoms with E-state index in [9.17, 15) is 0 Å². The maximum absolute atomic E-state index is 6.81. The minimum absolute atomic E-state index is 0.237. The molecule has 1 aliphatic heterocycles. The molecule has 1 aromatic carbocycles. The summed E-state index contributed by atoms with van der Waals surface area (Å²) in [6, 6.07) is 16.1. The van der Waals surface area contributed by atoms with Crippen molar-refractivity contribution in [2.45, 2.75) is 64.5 Å². The van der Waals surface area contributed by atoms with Crippen LogP contribution >= 0.6 is 23.1 Å². The van der Waals surface area contributed by atoms with E-state index in [1.807, 2.05) is 23.1 Å². The van der Waals surface area contributed by atoms with Crippen LogP contribution in [-0.4, -0.2) is 66.6 Å². The van der Waals surface area contributed by atoms with Crippen LogP contribution in [0.25, 0.3) is 0 Å². The van der Waals surface area contributed by atoms with Crippen molar-refractivity contribution in [2.24, 2.45) is 11.8 Å². The Morgan fingerprint density at radius 2 is 1.70 bits per heavy atom. The third-order valence-corrected chi connectivity index (χ3v) is 10.9. The number of rotatable bonds is 12. The molecule has 5 nitrogen and oxygen atoms in total. The van der Waals surface area contributed by atoms with Gasteiger partial charge in [-0.05, 0) is 75.3 Å². The first-order chi connectivity index (χ1) is 19.6. The van der Waals surface area contributed by atoms with Crippen LogP contribution in [0.1, 0.15) is 80.1 Å². The molecule has 3 aromatic rings. The number of hydrogen-bond acceptors (Lipinski definition) is 7. The van der Waals surface area contributed by atoms with Crippen molar-refractivity contribution >= 4 is 29.0 Å². The van der Waals surface area contributed by atoms with E-state index < -0.39 is 0 Å². The Morgan fingerprint density at radius 3 is 2.33 bits per heavy atom. The molecule has 7 heteroatoms. The summed E-state index contributed by atoms with van der Waals surface area (Å²) in [5.41, 5.74) is 2.41. The average molecular weight is 581 g/mol. The topological polar surface area (TPSA) is 35.8 Å². The van der Waals surface area contributed by atoms with E-state index in [4.69, 9.17) is 9.40 Å². The summed E-state index contributed by atoms with van der Waals surface area (Å²) < 4.78 is 6.81. The van der Waals surface area contributed by atoms with Gasteiger partial charge in [0.2, 0.25) is 11.8 Å². The highest BCUT2D eigenvalue weighted by atomic mass is 32.2. The predicted molar refractivity (Wildman–Crippen MR) is 172 cm³/mol. The van der Waals surface area contributed by atoms with Crippen molar-refractivity contribution in [3.8, 4) is 0 Å². The second kappa shape index (κ2) is 14.4. The first kappa shape index (κ1) is 29.7. The standard InChI is InChI=1S/C33H48N4OS2/c1-5-36(6-2)29(24-26-14-16-27(17-15-26)31(35(3)4)30-13-10-20-40-30)32-34-28(23-25-11-8-7-9-12-25)33(38-32)37-18-21-39-22-19-37/h7-13,20,26-27,29,31H,5-6,14-19,21-24H2,1-4H3. The fourth-order valence-electron chi connectivity index (χ4n) is 6.92. The molecule has 1 aliphatic carbocycles. The van der Waals surface area contributed by atoms with Gasteiger partial charge in [0.1, 0.15) is 5.69 Å². The summed E-state index contributed by atoms with van der Waals surface area (Å²) in [6.45, 7) is 8.68. The van der Waals surface area contributed by atoms with Crippen molar-refractivity contribution in [2.75, 3.05) is 56.7 Å². The zero-order valence-electron chi connectivity index (χ0n) is 24.9. The summed E-state index contributed by atoms with van der Waals surface area (Å²) in [7, 11) is 4.50. The average Bonchev–Trinajstić information content (AvgIpc) is 3.66. The highest BCUT2D eigenvalue weighted by Crippen LogP contribution is 2.44. The van der Waals surface area contributed by atoms with Crippen molar-refractivity contribution in [1.82, 2.24) is 14.8 Å². The minimum atomic E-state index is 0.237. The Hall–Kier alpha value is -1.80. The van der Waals surface area contributed by atoms with Gasteiger partial charge in [-0.15, -0.1) is 11.3 Å². The van der Waals surface area contributed by atoms with Gasteiger partial charge in [0.05, 0.1) is 6.04 Å². The van der Waals surface area contributed by atoms with Gasteiger partial charge < -0.3 is 14.2 Å². The Kier molecular flexibility index (Phi) is 10.7. The lowest BCUT2D eigenvalue weighted by molar-refractivity contribution is 0.113. The van der Waals surface area contributed by atoms with E-state index in [0.29, 0.717) is 12.0 Å². The molecule has 2 fully saturated rings. The Morgan fingerprint density at radius 1 is 0.975 bits per heavy atom. The molecular formula is C33H48N4OS2. The fraction of sp³-hybridized carbons (Fsp3) is 0.606. The molecule has 40 heavy (non-hydrogen) atoms. The largest absolute Gasteiger partial charge is 0.423 e. The fourth-order valence-corrected chi connectivity index (χ4v) is 8.83. The van der Waals surface area contributed by atoms with Crippen LogP contribution in [0.4, 0.5) is 5.88 Å². The van der Waals surface area contributed by atoms with Crippen LogP contribution in [0.3, 0.4) is 0 Å². The van der Waals surface area contributed by atoms with Gasteiger partial charge >= 0.3 is 0 Å². The van der Waals surface area contributed by atoms with Crippen LogP contribution < -0.4 is 4.90 Å². The van der Waals surface area contributed by atoms with E-state index in [0.717, 1.165) is 73.9 Å². The number of thioether (sulfide) groups is 1. The number of benzene rings is 1. The SMILES string of the molecule is CCN(CC)C(CC1CCC(C(c2cccs2)N(C)C)CC1)c1nc(Cc2ccccc2)c(N2CCSCC2)o1. The lowest BCUT2D eigenvalue weighted by Crippen LogP contribution is -2.33. The molecule has 5 rings (SSSR count). The van der Waals surface area contributed by atoms with E-state index in [-0.39, 0.29) is 6.04 Å². The van der Waals surface area contributed by atoms with E-state index in [1.165, 1.54) is 36.1 Å². The quantitative estimate of drug-likeness (QED) is 0.218. The molecule has 3 heterocycles. The minimum Gasteiger partial charge on any atom is -0.423 e. The van der Waals surface area contributed by atoms with Gasteiger partial charge in [-0.2, -0.15) is 11.8 Å². The predicted octanol–water partition coefficient (Wildman–Crippen LogP) is 7.76. The van der Waals surface area contributed by atoms with Gasteiger partial charge in [-0.25, -0.2) is 4.98 Å². The van der Waals surface area contributed by atoms with Crippen molar-refractivity contribution in [3.05, 3.63) is 69.9 Å². The first-order valence-electron chi connectivity index (χ1n) is 15.4. The molecule has 2 atom stereocenters. The third-order valence-electron chi connectivity index (χ3n) is 9.03. The van der Waals surface area contributed by atoms with Crippen LogP contribution in [-0.2, 0) is 6.42 Å². The Bertz CT molecular complexity index is 1130. The number of nitrogens with zero attached hydrogens (tertiary/aromatic N) is 4. The van der Waals surface area contributed by atoms with Crippen molar-refractivity contribution in [3.63, 3.8) is 0 Å². The van der Waals surface area contributed by atoms with Crippen molar-refractivity contribution < 1.29 is 4.42 Å². The second-order valence-corrected chi connectivity index (χ2v) is 13.9. The molecule has 0 radical (unpaired) electrons. The lowest BCUT2D eigenvalue weighted by Gasteiger charge is -2.38. The number of anilines is 1. The van der Waals surface area contributed by atoms with E-state index in [1.54, 1.807) is 0 Å². The van der Waals surface area contributed by atoms with Crippen LogP contribution in [0.15, 0.2) is 52.3 Å². The van der Waals surface area contributed by atoms with Gasteiger partial charge in [0.25, 0.3) is 0 Å². The number of hydrogen-bond donors (Lipinski definition) is 0. The monoisotopic (exact) mass is 580 g/mol. The van der Waals surface area contributed by atoms with Crippen LogP contribution in [0.2, 0.25) is 0 Å². The molecule has 0 amide bonds. The van der Waals surface area contributed by atoms with Gasteiger partial charge in [0.15, 0.2) is 0 Å². The zero-order valence-corrected chi connectivity index (χ0v) is 26.6. The maximum atomic E-state index is 6.81. The second-order valence-electron chi connectivity index (χ2n) is 11.7. The number of aromatic nitrogens is 1. The van der Waals surface area contributed by atoms with Crippen molar-refractivity contribution in [1.29, 1.82) is 0 Å². The molecule has 1 saturated heterocycles. The summed E-state index contributed by atoms with van der Waals surface area (Å²) in [4.78, 5) is 14.3. The smallest absolute Gasteiger partial charge is 0.220 e. The molecule has 2 aromatic heterocycles. The highest BCUT2D eigenvalue weighted by molar-refractivity contribution is 7.99. The van der Waals surface area contributed by atoms with Crippen LogP contribution in [0, 0.1) is 11.8 Å². The molecule has 0 N–H and O–H groups in total. The maximum Gasteiger partial charge on any atom is 0.220 e. The van der Waals surface area contributed by atoms with Gasteiger partial charge in [-0.1, -0.05) is 63.1 Å². The van der Waals surface area contributed by atoms with Gasteiger partial charge in [0, 0.05) is 41.9 Å². The van der Waals surface area contributed by atoms with E-state index >= 15 is 0 Å². The summed E-state index contributed by atoms with van der Waals surface area (Å²) in [5.74, 6) is 5.72. The third kappa shape index (κ3) is 7.15. The number of oxazole rings is 1. The molecule has 0 spiro atoms. The highest BCUT2D eigenvalue weighted by Gasteiger charge is 2.34. The van der Waals surface area contributed by atoms with Crippen LogP contribution in [0.5, 0.6) is 0 Å². The summed E-state index contributed by atoms with van der Waals surface area (Å²) in [6.07, 6.45) is 7.17. The molecule has 1 saturated carbocycles. The van der Waals surface area contributed by atoms with Gasteiger partial charge in [-0.3, -0.25) is 4.90 Å². The molecule has 0 bridgehead atoms. The zero-order chi connectivity index (χ0) is 27.9. The summed E-state index contributed by atoms with van der Waals surface area (Å²) >= 11 is 3.95. The number of thiophene rings is 1.